The number of carbonyl (C=O) groups excluding carboxylic acids is 1. The Hall–Kier alpha value is -1.88. The Morgan fingerprint density at radius 2 is 1.65 bits per heavy atom. The van der Waals surface area contributed by atoms with Gasteiger partial charge in [-0.1, -0.05) is 0 Å². The summed E-state index contributed by atoms with van der Waals surface area (Å²) >= 11 is 0. The lowest BCUT2D eigenvalue weighted by atomic mass is 10.1. The van der Waals surface area contributed by atoms with Gasteiger partial charge in [0.2, 0.25) is 0 Å². The second kappa shape index (κ2) is 7.65. The van der Waals surface area contributed by atoms with E-state index in [9.17, 15) is 9.59 Å². The zero-order chi connectivity index (χ0) is 15.1. The normalized spacial score (nSPS) is 10.6. The highest BCUT2D eigenvalue weighted by atomic mass is 16.4. The molecule has 0 aromatic heterocycles. The number of anilines is 1. The van der Waals surface area contributed by atoms with Crippen LogP contribution in [0, 0.1) is 0 Å². The molecule has 0 atom stereocenters. The van der Waals surface area contributed by atoms with Crippen LogP contribution in [-0.4, -0.2) is 55.5 Å². The summed E-state index contributed by atoms with van der Waals surface area (Å²) in [6, 6.07) is 7.30. The lowest BCUT2D eigenvalue weighted by Gasteiger charge is -2.26. The van der Waals surface area contributed by atoms with Crippen LogP contribution in [0.5, 0.6) is 0 Å². The predicted molar refractivity (Wildman–Crippen MR) is 79.5 cm³/mol. The molecule has 0 unspecified atom stereocenters. The highest BCUT2D eigenvalue weighted by Crippen LogP contribution is 2.16. The lowest BCUT2D eigenvalue weighted by molar-refractivity contribution is -0.136. The molecule has 1 aromatic carbocycles. The number of carboxylic acid groups (broad SMARTS) is 1. The number of likely N-dealkylation sites (N-methyl/N-ethyl adjacent to an activating group) is 1. The fraction of sp³-hybridized carbons (Fsp3) is 0.467. The summed E-state index contributed by atoms with van der Waals surface area (Å²) in [7, 11) is 3.96. The predicted octanol–water partition coefficient (Wildman–Crippen LogP) is 1.73. The molecule has 1 N–H and O–H groups in total. The van der Waals surface area contributed by atoms with Gasteiger partial charge in [0.05, 0.1) is 6.42 Å². The number of carboxylic acids is 1. The molecule has 5 nitrogen and oxygen atoms in total. The van der Waals surface area contributed by atoms with Crippen molar-refractivity contribution in [1.82, 2.24) is 4.90 Å². The molecule has 0 aliphatic rings. The van der Waals surface area contributed by atoms with E-state index in [1.54, 1.807) is 12.1 Å². The first-order chi connectivity index (χ1) is 9.40. The van der Waals surface area contributed by atoms with Crippen molar-refractivity contribution >= 4 is 17.4 Å². The van der Waals surface area contributed by atoms with Gasteiger partial charge in [-0.2, -0.15) is 0 Å². The average molecular weight is 278 g/mol. The Morgan fingerprint density at radius 1 is 1.05 bits per heavy atom. The van der Waals surface area contributed by atoms with Crippen molar-refractivity contribution in [2.75, 3.05) is 38.6 Å². The molecule has 0 aliphatic heterocycles. The highest BCUT2D eigenvalue weighted by molar-refractivity contribution is 5.94. The molecular formula is C15H22N2O3. The molecule has 5 heteroatoms. The van der Waals surface area contributed by atoms with Gasteiger partial charge < -0.3 is 14.9 Å². The van der Waals surface area contributed by atoms with E-state index in [2.05, 4.69) is 4.90 Å². The third-order valence-electron chi connectivity index (χ3n) is 3.05. The largest absolute Gasteiger partial charge is 0.481 e. The summed E-state index contributed by atoms with van der Waals surface area (Å²) in [4.78, 5) is 26.1. The van der Waals surface area contributed by atoms with Crippen molar-refractivity contribution in [2.45, 2.75) is 13.3 Å². The van der Waals surface area contributed by atoms with Gasteiger partial charge in [0.1, 0.15) is 0 Å². The minimum absolute atomic E-state index is 0.0296. The molecule has 110 valence electrons. The number of rotatable bonds is 8. The molecule has 20 heavy (non-hydrogen) atoms. The first-order valence-corrected chi connectivity index (χ1v) is 6.62. The van der Waals surface area contributed by atoms with Crippen LogP contribution in [0.25, 0.3) is 0 Å². The fourth-order valence-electron chi connectivity index (χ4n) is 1.83. The second-order valence-electron chi connectivity index (χ2n) is 5.04. The summed E-state index contributed by atoms with van der Waals surface area (Å²) in [6.45, 7) is 3.58. The van der Waals surface area contributed by atoms with Crippen molar-refractivity contribution in [3.8, 4) is 0 Å². The van der Waals surface area contributed by atoms with Gasteiger partial charge in [-0.25, -0.2) is 0 Å². The van der Waals surface area contributed by atoms with Crippen molar-refractivity contribution < 1.29 is 14.7 Å². The van der Waals surface area contributed by atoms with E-state index >= 15 is 0 Å². The van der Waals surface area contributed by atoms with E-state index in [-0.39, 0.29) is 12.2 Å². The maximum atomic E-state index is 11.3. The van der Waals surface area contributed by atoms with E-state index < -0.39 is 5.97 Å². The maximum absolute atomic E-state index is 11.3. The minimum Gasteiger partial charge on any atom is -0.481 e. The lowest BCUT2D eigenvalue weighted by Crippen LogP contribution is -2.33. The van der Waals surface area contributed by atoms with Crippen LogP contribution in [0.15, 0.2) is 24.3 Å². The SMILES string of the molecule is CC(=O)c1ccc(N(CCC(=O)O)CCN(C)C)cc1. The fourth-order valence-corrected chi connectivity index (χ4v) is 1.83. The van der Waals surface area contributed by atoms with Crippen molar-refractivity contribution in [3.05, 3.63) is 29.8 Å². The quantitative estimate of drug-likeness (QED) is 0.734. The summed E-state index contributed by atoms with van der Waals surface area (Å²) in [5.41, 5.74) is 1.61. The zero-order valence-electron chi connectivity index (χ0n) is 12.3. The average Bonchev–Trinajstić information content (AvgIpc) is 2.38. The first-order valence-electron chi connectivity index (χ1n) is 6.62. The molecule has 0 amide bonds. The molecule has 0 saturated carbocycles. The molecule has 0 aliphatic carbocycles. The van der Waals surface area contributed by atoms with Gasteiger partial charge in [0, 0.05) is 30.9 Å². The third-order valence-corrected chi connectivity index (χ3v) is 3.05. The standard InChI is InChI=1S/C15H22N2O3/c1-12(18)13-4-6-14(7-5-13)17(9-8-15(19)20)11-10-16(2)3/h4-7H,8-11H2,1-3H3,(H,19,20). The number of benzene rings is 1. The van der Waals surface area contributed by atoms with Crippen LogP contribution in [0.2, 0.25) is 0 Å². The molecule has 0 spiro atoms. The summed E-state index contributed by atoms with van der Waals surface area (Å²) in [5.74, 6) is -0.776. The number of ketones is 1. The van der Waals surface area contributed by atoms with Crippen molar-refractivity contribution in [2.24, 2.45) is 0 Å². The van der Waals surface area contributed by atoms with Crippen LogP contribution >= 0.6 is 0 Å². The Balaban J connectivity index is 2.79. The van der Waals surface area contributed by atoms with Gasteiger partial charge in [-0.3, -0.25) is 9.59 Å². The maximum Gasteiger partial charge on any atom is 0.305 e. The van der Waals surface area contributed by atoms with Gasteiger partial charge in [0.25, 0.3) is 0 Å². The molecule has 0 bridgehead atoms. The van der Waals surface area contributed by atoms with Gasteiger partial charge in [-0.05, 0) is 45.3 Å². The van der Waals surface area contributed by atoms with Gasteiger partial charge in [0.15, 0.2) is 5.78 Å². The van der Waals surface area contributed by atoms with E-state index in [0.717, 1.165) is 18.8 Å². The molecular weight excluding hydrogens is 256 g/mol. The Kier molecular flexibility index (Phi) is 6.18. The molecule has 0 fully saturated rings. The van der Waals surface area contributed by atoms with Crippen LogP contribution in [0.4, 0.5) is 5.69 Å². The van der Waals surface area contributed by atoms with Gasteiger partial charge in [-0.15, -0.1) is 0 Å². The van der Waals surface area contributed by atoms with Crippen molar-refractivity contribution in [1.29, 1.82) is 0 Å². The van der Waals surface area contributed by atoms with Crippen LogP contribution < -0.4 is 4.90 Å². The number of aliphatic carboxylic acids is 1. The number of Topliss-reactive ketones (excluding diaryl/α,β-unsaturated/α-hetero) is 1. The van der Waals surface area contributed by atoms with Gasteiger partial charge >= 0.3 is 5.97 Å². The summed E-state index contributed by atoms with van der Waals surface area (Å²) in [5, 5.41) is 8.82. The Morgan fingerprint density at radius 3 is 2.10 bits per heavy atom. The monoisotopic (exact) mass is 278 g/mol. The second-order valence-corrected chi connectivity index (χ2v) is 5.04. The first kappa shape index (κ1) is 16.2. The summed E-state index contributed by atoms with van der Waals surface area (Å²) < 4.78 is 0. The Labute approximate surface area is 119 Å². The van der Waals surface area contributed by atoms with Crippen LogP contribution in [0.1, 0.15) is 23.7 Å². The van der Waals surface area contributed by atoms with E-state index in [4.69, 9.17) is 5.11 Å². The summed E-state index contributed by atoms with van der Waals surface area (Å²) in [6.07, 6.45) is 0.0991. The van der Waals surface area contributed by atoms with E-state index in [0.29, 0.717) is 12.1 Å². The third kappa shape index (κ3) is 5.40. The number of nitrogens with zero attached hydrogens (tertiary/aromatic N) is 2. The molecule has 0 radical (unpaired) electrons. The zero-order valence-corrected chi connectivity index (χ0v) is 12.3. The van der Waals surface area contributed by atoms with E-state index in [1.807, 2.05) is 31.1 Å². The number of carbonyl (C=O) groups is 2. The number of hydrogen-bond donors (Lipinski definition) is 1. The van der Waals surface area contributed by atoms with Crippen LogP contribution in [-0.2, 0) is 4.79 Å². The van der Waals surface area contributed by atoms with Crippen molar-refractivity contribution in [3.63, 3.8) is 0 Å². The topological polar surface area (TPSA) is 60.9 Å². The highest BCUT2D eigenvalue weighted by Gasteiger charge is 2.10. The minimum atomic E-state index is -0.805. The molecule has 1 aromatic rings. The molecule has 0 heterocycles. The molecule has 0 saturated heterocycles. The Bertz CT molecular complexity index is 455. The van der Waals surface area contributed by atoms with Crippen LogP contribution in [0.3, 0.4) is 0 Å². The number of hydrogen-bond acceptors (Lipinski definition) is 4. The van der Waals surface area contributed by atoms with E-state index in [1.165, 1.54) is 6.92 Å². The smallest absolute Gasteiger partial charge is 0.305 e. The molecule has 1 rings (SSSR count).